The Kier molecular flexibility index (Phi) is 22.2. The highest BCUT2D eigenvalue weighted by atomic mass is 19.1. The van der Waals surface area contributed by atoms with Crippen molar-refractivity contribution >= 4 is 5.97 Å². The van der Waals surface area contributed by atoms with Crippen LogP contribution in [0.3, 0.4) is 0 Å². The van der Waals surface area contributed by atoms with Gasteiger partial charge in [0.1, 0.15) is 6.10 Å². The molecule has 0 aliphatic rings. The molecular formula is C27H51FO2. The van der Waals surface area contributed by atoms with Crippen molar-refractivity contribution in [2.75, 3.05) is 6.67 Å². The molecule has 2 nitrogen and oxygen atoms in total. The summed E-state index contributed by atoms with van der Waals surface area (Å²) in [7, 11) is 0. The summed E-state index contributed by atoms with van der Waals surface area (Å²) in [5.41, 5.74) is 0.480. The van der Waals surface area contributed by atoms with Crippen molar-refractivity contribution in [1.29, 1.82) is 0 Å². The van der Waals surface area contributed by atoms with E-state index in [-0.39, 0.29) is 18.7 Å². The molecular weight excluding hydrogens is 375 g/mol. The maximum absolute atomic E-state index is 12.1. The van der Waals surface area contributed by atoms with E-state index in [1.807, 2.05) is 0 Å². The van der Waals surface area contributed by atoms with Crippen molar-refractivity contribution in [3.8, 4) is 0 Å². The number of rotatable bonds is 23. The zero-order valence-electron chi connectivity index (χ0n) is 20.3. The minimum atomic E-state index is -0.257. The molecule has 0 spiro atoms. The third-order valence-corrected chi connectivity index (χ3v) is 5.91. The molecule has 0 rings (SSSR count). The van der Waals surface area contributed by atoms with E-state index >= 15 is 0 Å². The van der Waals surface area contributed by atoms with E-state index in [4.69, 9.17) is 4.74 Å². The molecule has 0 aliphatic carbocycles. The molecule has 0 N–H and O–H groups in total. The zero-order valence-corrected chi connectivity index (χ0v) is 20.3. The molecule has 0 aliphatic heterocycles. The lowest BCUT2D eigenvalue weighted by molar-refractivity contribution is -0.145. The lowest BCUT2D eigenvalue weighted by Gasteiger charge is -2.18. The third kappa shape index (κ3) is 20.4. The second-order valence-corrected chi connectivity index (χ2v) is 9.08. The predicted molar refractivity (Wildman–Crippen MR) is 129 cm³/mol. The Labute approximate surface area is 187 Å². The van der Waals surface area contributed by atoms with Crippen LogP contribution in [0.5, 0.6) is 0 Å². The number of unbranched alkanes of at least 4 members (excludes halogenated alkanes) is 16. The molecule has 0 bridgehead atoms. The summed E-state index contributed by atoms with van der Waals surface area (Å²) in [5.74, 6) is -0.257. The number of carbonyl (C=O) groups is 1. The van der Waals surface area contributed by atoms with Crippen LogP contribution >= 0.6 is 0 Å². The number of hydrogen-bond donors (Lipinski definition) is 0. The molecule has 0 aromatic rings. The highest BCUT2D eigenvalue weighted by molar-refractivity contribution is 5.87. The molecule has 178 valence electrons. The van der Waals surface area contributed by atoms with Crippen LogP contribution in [0.2, 0.25) is 0 Å². The Balaban J connectivity index is 3.72. The van der Waals surface area contributed by atoms with Gasteiger partial charge in [-0.05, 0) is 39.0 Å². The third-order valence-electron chi connectivity index (χ3n) is 5.91. The normalized spacial score (nSPS) is 12.1. The second kappa shape index (κ2) is 22.8. The molecule has 0 radical (unpaired) electrons. The van der Waals surface area contributed by atoms with Gasteiger partial charge < -0.3 is 4.74 Å². The van der Waals surface area contributed by atoms with E-state index in [0.29, 0.717) is 12.0 Å². The van der Waals surface area contributed by atoms with Gasteiger partial charge in [-0.3, -0.25) is 4.39 Å². The number of ether oxygens (including phenoxy) is 1. The maximum Gasteiger partial charge on any atom is 0.333 e. The monoisotopic (exact) mass is 426 g/mol. The molecule has 0 saturated carbocycles. The van der Waals surface area contributed by atoms with Gasteiger partial charge >= 0.3 is 5.97 Å². The predicted octanol–water partition coefficient (Wildman–Crippen LogP) is 9.27. The fourth-order valence-corrected chi connectivity index (χ4v) is 3.90. The lowest BCUT2D eigenvalue weighted by atomic mass is 10.0. The van der Waals surface area contributed by atoms with Crippen LogP contribution in [0.15, 0.2) is 12.2 Å². The van der Waals surface area contributed by atoms with E-state index in [9.17, 15) is 9.18 Å². The van der Waals surface area contributed by atoms with Crippen LogP contribution in [0, 0.1) is 0 Å². The molecule has 0 aromatic carbocycles. The van der Waals surface area contributed by atoms with E-state index in [1.54, 1.807) is 6.92 Å². The average molecular weight is 427 g/mol. The van der Waals surface area contributed by atoms with Crippen molar-refractivity contribution < 1.29 is 13.9 Å². The number of carbonyl (C=O) groups excluding carboxylic acids is 1. The van der Waals surface area contributed by atoms with Crippen molar-refractivity contribution in [2.24, 2.45) is 0 Å². The SMILES string of the molecule is C=C(C)C(=O)OC(CCCCCCCF)CCCCCCCCCCCCCCC. The molecule has 0 heterocycles. The first-order valence-corrected chi connectivity index (χ1v) is 13.0. The maximum atomic E-state index is 12.1. The zero-order chi connectivity index (χ0) is 22.3. The summed E-state index contributed by atoms with van der Waals surface area (Å²) in [6, 6.07) is 0. The highest BCUT2D eigenvalue weighted by Gasteiger charge is 2.14. The van der Waals surface area contributed by atoms with Crippen LogP contribution < -0.4 is 0 Å². The van der Waals surface area contributed by atoms with E-state index in [0.717, 1.165) is 44.9 Å². The summed E-state index contributed by atoms with van der Waals surface area (Å²) < 4.78 is 17.8. The standard InChI is InChI=1S/C27H51FO2/c1-4-5-6-7-8-9-10-11-12-13-14-16-19-22-26(30-27(29)25(2)3)23-20-17-15-18-21-24-28/h26H,2,4-24H2,1,3H3. The van der Waals surface area contributed by atoms with Crippen LogP contribution in [-0.2, 0) is 9.53 Å². The van der Waals surface area contributed by atoms with Gasteiger partial charge in [-0.25, -0.2) is 4.79 Å². The summed E-state index contributed by atoms with van der Waals surface area (Å²) in [5, 5.41) is 0. The minimum absolute atomic E-state index is 0.0167. The summed E-state index contributed by atoms with van der Waals surface area (Å²) in [4.78, 5) is 11.9. The Morgan fingerprint density at radius 3 is 1.43 bits per heavy atom. The Hall–Kier alpha value is -0.860. The fourth-order valence-electron chi connectivity index (χ4n) is 3.90. The van der Waals surface area contributed by atoms with Gasteiger partial charge in [0, 0.05) is 5.57 Å². The first kappa shape index (κ1) is 29.1. The minimum Gasteiger partial charge on any atom is -0.459 e. The van der Waals surface area contributed by atoms with Gasteiger partial charge in [0.05, 0.1) is 6.67 Å². The number of halogens is 1. The van der Waals surface area contributed by atoms with Gasteiger partial charge in [-0.1, -0.05) is 110 Å². The van der Waals surface area contributed by atoms with Gasteiger partial charge in [0.2, 0.25) is 0 Å². The number of alkyl halides is 1. The van der Waals surface area contributed by atoms with Gasteiger partial charge in [0.25, 0.3) is 0 Å². The average Bonchev–Trinajstić information content (AvgIpc) is 2.73. The van der Waals surface area contributed by atoms with Crippen LogP contribution in [0.4, 0.5) is 4.39 Å². The fraction of sp³-hybridized carbons (Fsp3) is 0.889. The van der Waals surface area contributed by atoms with Gasteiger partial charge in [-0.15, -0.1) is 0 Å². The molecule has 1 atom stereocenters. The van der Waals surface area contributed by atoms with Crippen molar-refractivity contribution in [3.63, 3.8) is 0 Å². The first-order valence-electron chi connectivity index (χ1n) is 13.0. The van der Waals surface area contributed by atoms with Crippen molar-refractivity contribution in [2.45, 2.75) is 148 Å². The molecule has 1 unspecified atom stereocenters. The van der Waals surface area contributed by atoms with E-state index < -0.39 is 0 Å². The Bertz CT molecular complexity index is 394. The number of esters is 1. The van der Waals surface area contributed by atoms with Crippen LogP contribution in [-0.4, -0.2) is 18.7 Å². The molecule has 0 fully saturated rings. The largest absolute Gasteiger partial charge is 0.459 e. The van der Waals surface area contributed by atoms with E-state index in [2.05, 4.69) is 13.5 Å². The Morgan fingerprint density at radius 2 is 1.07 bits per heavy atom. The second-order valence-electron chi connectivity index (χ2n) is 9.08. The molecule has 30 heavy (non-hydrogen) atoms. The molecule has 0 saturated heterocycles. The molecule has 3 heteroatoms. The van der Waals surface area contributed by atoms with Crippen LogP contribution in [0.1, 0.15) is 142 Å². The molecule has 0 amide bonds. The first-order chi connectivity index (χ1) is 14.6. The summed E-state index contributed by atoms with van der Waals surface area (Å²) >= 11 is 0. The smallest absolute Gasteiger partial charge is 0.333 e. The van der Waals surface area contributed by atoms with Gasteiger partial charge in [-0.2, -0.15) is 0 Å². The number of hydrogen-bond acceptors (Lipinski definition) is 2. The van der Waals surface area contributed by atoms with Gasteiger partial charge in [0.15, 0.2) is 0 Å². The molecule has 0 aromatic heterocycles. The lowest BCUT2D eigenvalue weighted by Crippen LogP contribution is -2.18. The Morgan fingerprint density at radius 1 is 0.700 bits per heavy atom. The van der Waals surface area contributed by atoms with Crippen LogP contribution in [0.25, 0.3) is 0 Å². The summed E-state index contributed by atoms with van der Waals surface area (Å²) in [6.07, 6.45) is 24.3. The van der Waals surface area contributed by atoms with Crippen molar-refractivity contribution in [1.82, 2.24) is 0 Å². The quantitative estimate of drug-likeness (QED) is 0.0924. The van der Waals surface area contributed by atoms with E-state index in [1.165, 1.54) is 77.0 Å². The highest BCUT2D eigenvalue weighted by Crippen LogP contribution is 2.18. The summed E-state index contributed by atoms with van der Waals surface area (Å²) in [6.45, 7) is 7.47. The van der Waals surface area contributed by atoms with Crippen molar-refractivity contribution in [3.05, 3.63) is 12.2 Å². The topological polar surface area (TPSA) is 26.3 Å².